The van der Waals surface area contributed by atoms with Gasteiger partial charge in [0.1, 0.15) is 5.82 Å². The van der Waals surface area contributed by atoms with E-state index in [0.29, 0.717) is 12.5 Å². The molecular formula is C14H21FN2O. The van der Waals surface area contributed by atoms with Gasteiger partial charge in [0.25, 0.3) is 5.91 Å². The fraction of sp³-hybridized carbons (Fsp3) is 0.500. The summed E-state index contributed by atoms with van der Waals surface area (Å²) in [5.74, 6) is -0.426. The standard InChI is InChI=1S/C14H21FN2O/c1-9(2)6-11(16)8-17-14(18)12-5-4-10(3)7-13(12)15/h4-5,7,9,11H,6,8,16H2,1-3H3,(H,17,18). The Kier molecular flexibility index (Phi) is 5.28. The summed E-state index contributed by atoms with van der Waals surface area (Å²) in [6.07, 6.45) is 0.830. The highest BCUT2D eigenvalue weighted by molar-refractivity contribution is 5.94. The van der Waals surface area contributed by atoms with Gasteiger partial charge in [0.05, 0.1) is 5.56 Å². The van der Waals surface area contributed by atoms with E-state index < -0.39 is 11.7 Å². The molecule has 3 nitrogen and oxygen atoms in total. The van der Waals surface area contributed by atoms with Crippen LogP contribution in [0.2, 0.25) is 0 Å². The summed E-state index contributed by atoms with van der Waals surface area (Å²) < 4.78 is 13.5. The summed E-state index contributed by atoms with van der Waals surface area (Å²) in [6, 6.07) is 4.46. The van der Waals surface area contributed by atoms with Crippen molar-refractivity contribution in [2.75, 3.05) is 6.54 Å². The van der Waals surface area contributed by atoms with Crippen LogP contribution in [0, 0.1) is 18.7 Å². The number of rotatable bonds is 5. The molecule has 100 valence electrons. The molecule has 0 fully saturated rings. The van der Waals surface area contributed by atoms with E-state index in [1.165, 1.54) is 12.1 Å². The van der Waals surface area contributed by atoms with Crippen molar-refractivity contribution in [2.45, 2.75) is 33.2 Å². The largest absolute Gasteiger partial charge is 0.350 e. The van der Waals surface area contributed by atoms with E-state index in [1.54, 1.807) is 13.0 Å². The van der Waals surface area contributed by atoms with Gasteiger partial charge in [-0.1, -0.05) is 19.9 Å². The minimum Gasteiger partial charge on any atom is -0.350 e. The highest BCUT2D eigenvalue weighted by Gasteiger charge is 2.13. The van der Waals surface area contributed by atoms with Crippen LogP contribution in [0.5, 0.6) is 0 Å². The molecule has 0 aromatic heterocycles. The number of carbonyl (C=O) groups excluding carboxylic acids is 1. The summed E-state index contributed by atoms with van der Waals surface area (Å²) in [7, 11) is 0. The third-order valence-corrected chi connectivity index (χ3v) is 2.67. The Labute approximate surface area is 108 Å². The molecule has 0 saturated carbocycles. The molecule has 0 bridgehead atoms. The Morgan fingerprint density at radius 3 is 2.67 bits per heavy atom. The first-order valence-electron chi connectivity index (χ1n) is 6.20. The predicted molar refractivity (Wildman–Crippen MR) is 70.9 cm³/mol. The first-order valence-corrected chi connectivity index (χ1v) is 6.20. The summed E-state index contributed by atoms with van der Waals surface area (Å²) in [5, 5.41) is 2.66. The van der Waals surface area contributed by atoms with Crippen molar-refractivity contribution < 1.29 is 9.18 Å². The van der Waals surface area contributed by atoms with Gasteiger partial charge in [-0.05, 0) is 37.0 Å². The third kappa shape index (κ3) is 4.45. The number of halogens is 1. The van der Waals surface area contributed by atoms with Crippen LogP contribution < -0.4 is 11.1 Å². The van der Waals surface area contributed by atoms with Crippen LogP contribution in [-0.4, -0.2) is 18.5 Å². The quantitative estimate of drug-likeness (QED) is 0.844. The van der Waals surface area contributed by atoms with E-state index in [-0.39, 0.29) is 11.6 Å². The Morgan fingerprint density at radius 1 is 1.44 bits per heavy atom. The van der Waals surface area contributed by atoms with E-state index in [9.17, 15) is 9.18 Å². The van der Waals surface area contributed by atoms with Gasteiger partial charge < -0.3 is 11.1 Å². The van der Waals surface area contributed by atoms with Crippen molar-refractivity contribution in [3.8, 4) is 0 Å². The molecule has 1 amide bonds. The second-order valence-electron chi connectivity index (χ2n) is 5.08. The number of benzene rings is 1. The SMILES string of the molecule is Cc1ccc(C(=O)NCC(N)CC(C)C)c(F)c1. The fourth-order valence-corrected chi connectivity index (χ4v) is 1.81. The fourth-order valence-electron chi connectivity index (χ4n) is 1.81. The lowest BCUT2D eigenvalue weighted by Gasteiger charge is -2.15. The molecule has 0 spiro atoms. The average molecular weight is 252 g/mol. The lowest BCUT2D eigenvalue weighted by atomic mass is 10.0. The first kappa shape index (κ1) is 14.6. The van der Waals surface area contributed by atoms with Gasteiger partial charge in [-0.15, -0.1) is 0 Å². The van der Waals surface area contributed by atoms with Gasteiger partial charge in [-0.2, -0.15) is 0 Å². The normalized spacial score (nSPS) is 12.6. The first-order chi connectivity index (χ1) is 8.40. The maximum atomic E-state index is 13.5. The number of amides is 1. The minimum atomic E-state index is -0.495. The zero-order valence-electron chi connectivity index (χ0n) is 11.2. The topological polar surface area (TPSA) is 55.1 Å². The maximum absolute atomic E-state index is 13.5. The summed E-state index contributed by atoms with van der Waals surface area (Å²) in [4.78, 5) is 11.8. The molecule has 1 unspecified atom stereocenters. The van der Waals surface area contributed by atoms with E-state index in [0.717, 1.165) is 12.0 Å². The van der Waals surface area contributed by atoms with Gasteiger partial charge in [-0.25, -0.2) is 4.39 Å². The molecule has 0 heterocycles. The number of nitrogens with two attached hydrogens (primary N) is 1. The van der Waals surface area contributed by atoms with Crippen molar-refractivity contribution in [2.24, 2.45) is 11.7 Å². The van der Waals surface area contributed by atoms with Crippen molar-refractivity contribution >= 4 is 5.91 Å². The summed E-state index contributed by atoms with van der Waals surface area (Å²) >= 11 is 0. The van der Waals surface area contributed by atoms with Crippen LogP contribution in [0.4, 0.5) is 4.39 Å². The maximum Gasteiger partial charge on any atom is 0.254 e. The van der Waals surface area contributed by atoms with Gasteiger partial charge >= 0.3 is 0 Å². The molecule has 0 aliphatic heterocycles. The highest BCUT2D eigenvalue weighted by atomic mass is 19.1. The molecule has 0 saturated heterocycles. The van der Waals surface area contributed by atoms with Crippen molar-refractivity contribution in [1.29, 1.82) is 0 Å². The van der Waals surface area contributed by atoms with Gasteiger partial charge in [-0.3, -0.25) is 4.79 Å². The van der Waals surface area contributed by atoms with Gasteiger partial charge in [0, 0.05) is 12.6 Å². The van der Waals surface area contributed by atoms with Gasteiger partial charge in [0.15, 0.2) is 0 Å². The lowest BCUT2D eigenvalue weighted by Crippen LogP contribution is -2.38. The van der Waals surface area contributed by atoms with Crippen LogP contribution >= 0.6 is 0 Å². The Balaban J connectivity index is 2.55. The number of hydrogen-bond donors (Lipinski definition) is 2. The second kappa shape index (κ2) is 6.50. The molecule has 0 aliphatic rings. The minimum absolute atomic E-state index is 0.0670. The van der Waals surface area contributed by atoms with Crippen molar-refractivity contribution in [1.82, 2.24) is 5.32 Å². The van der Waals surface area contributed by atoms with Crippen LogP contribution in [0.3, 0.4) is 0 Å². The number of carbonyl (C=O) groups is 1. The molecule has 1 aromatic carbocycles. The predicted octanol–water partition coefficient (Wildman–Crippen LogP) is 2.24. The Hall–Kier alpha value is -1.42. The van der Waals surface area contributed by atoms with Gasteiger partial charge in [0.2, 0.25) is 0 Å². The number of nitrogens with one attached hydrogen (secondary N) is 1. The zero-order valence-corrected chi connectivity index (χ0v) is 11.2. The third-order valence-electron chi connectivity index (χ3n) is 2.67. The molecule has 4 heteroatoms. The van der Waals surface area contributed by atoms with Crippen LogP contribution in [-0.2, 0) is 0 Å². The zero-order chi connectivity index (χ0) is 13.7. The van der Waals surface area contributed by atoms with E-state index >= 15 is 0 Å². The monoisotopic (exact) mass is 252 g/mol. The molecule has 1 atom stereocenters. The molecule has 1 rings (SSSR count). The summed E-state index contributed by atoms with van der Waals surface area (Å²) in [6.45, 7) is 6.29. The summed E-state index contributed by atoms with van der Waals surface area (Å²) in [5.41, 5.74) is 6.71. The smallest absolute Gasteiger partial charge is 0.254 e. The second-order valence-corrected chi connectivity index (χ2v) is 5.08. The van der Waals surface area contributed by atoms with E-state index in [4.69, 9.17) is 5.73 Å². The van der Waals surface area contributed by atoms with Crippen LogP contribution in [0.15, 0.2) is 18.2 Å². The molecule has 3 N–H and O–H groups in total. The van der Waals surface area contributed by atoms with Crippen LogP contribution in [0.1, 0.15) is 36.2 Å². The molecule has 0 aliphatic carbocycles. The van der Waals surface area contributed by atoms with E-state index in [1.807, 2.05) is 0 Å². The van der Waals surface area contributed by atoms with E-state index in [2.05, 4.69) is 19.2 Å². The molecule has 18 heavy (non-hydrogen) atoms. The Morgan fingerprint density at radius 2 is 2.11 bits per heavy atom. The van der Waals surface area contributed by atoms with Crippen molar-refractivity contribution in [3.63, 3.8) is 0 Å². The van der Waals surface area contributed by atoms with Crippen LogP contribution in [0.25, 0.3) is 0 Å². The van der Waals surface area contributed by atoms with Crippen molar-refractivity contribution in [3.05, 3.63) is 35.1 Å². The molecule has 1 aromatic rings. The number of aryl methyl sites for hydroxylation is 1. The Bertz CT molecular complexity index is 418. The number of hydrogen-bond acceptors (Lipinski definition) is 2. The highest BCUT2D eigenvalue weighted by Crippen LogP contribution is 2.09. The average Bonchev–Trinajstić information content (AvgIpc) is 2.25. The molecular weight excluding hydrogens is 231 g/mol. The molecule has 0 radical (unpaired) electrons. The lowest BCUT2D eigenvalue weighted by molar-refractivity contribution is 0.0946.